The highest BCUT2D eigenvalue weighted by atomic mass is 35.5. The molecule has 0 spiro atoms. The Morgan fingerprint density at radius 2 is 1.75 bits per heavy atom. The monoisotopic (exact) mass is 300 g/mol. The summed E-state index contributed by atoms with van der Waals surface area (Å²) in [4.78, 5) is 0. The fraction of sp³-hybridized carbons (Fsp3) is 0.600. The first-order valence-electron chi connectivity index (χ1n) is 6.95. The number of hydrogen-bond acceptors (Lipinski definition) is 4. The maximum Gasteiger partial charge on any atom is 0.119 e. The Morgan fingerprint density at radius 1 is 1.10 bits per heavy atom. The largest absolute Gasteiger partial charge is 0.491 e. The van der Waals surface area contributed by atoms with Gasteiger partial charge < -0.3 is 19.3 Å². The number of alkyl halides is 1. The summed E-state index contributed by atoms with van der Waals surface area (Å²) in [6.45, 7) is 2.23. The quantitative estimate of drug-likeness (QED) is 0.533. The maximum absolute atomic E-state index is 9.29. The standard InChI is InChI=1S/C15H21ClO4/c16-9-13(17)11-20-15-5-3-14(4-6-15)19-8-7-18-10-12-1-2-12/h3-6,12-13,17H,1-2,7-11H2/t13-/m0/s1. The Bertz CT molecular complexity index is 378. The van der Waals surface area contributed by atoms with Crippen molar-refractivity contribution in [3.63, 3.8) is 0 Å². The van der Waals surface area contributed by atoms with Crippen LogP contribution in [0.4, 0.5) is 0 Å². The molecule has 4 nitrogen and oxygen atoms in total. The Kier molecular flexibility index (Phi) is 6.43. The number of aliphatic hydroxyl groups excluding tert-OH is 1. The van der Waals surface area contributed by atoms with E-state index in [0.717, 1.165) is 18.3 Å². The van der Waals surface area contributed by atoms with Crippen molar-refractivity contribution in [2.24, 2.45) is 5.92 Å². The highest BCUT2D eigenvalue weighted by Gasteiger charge is 2.20. The first kappa shape index (κ1) is 15.4. The second kappa shape index (κ2) is 8.35. The molecule has 5 heteroatoms. The highest BCUT2D eigenvalue weighted by molar-refractivity contribution is 6.18. The maximum atomic E-state index is 9.29. The summed E-state index contributed by atoms with van der Waals surface area (Å²) in [6.07, 6.45) is 1.97. The molecule has 0 amide bonds. The van der Waals surface area contributed by atoms with Gasteiger partial charge in [0.2, 0.25) is 0 Å². The Morgan fingerprint density at radius 3 is 2.35 bits per heavy atom. The van der Waals surface area contributed by atoms with Crippen molar-refractivity contribution in [2.75, 3.05) is 32.3 Å². The summed E-state index contributed by atoms with van der Waals surface area (Å²) in [5, 5.41) is 9.29. The molecule has 0 saturated heterocycles. The van der Waals surface area contributed by atoms with E-state index >= 15 is 0 Å². The molecule has 0 aromatic heterocycles. The molecule has 0 bridgehead atoms. The minimum Gasteiger partial charge on any atom is -0.491 e. The molecule has 0 radical (unpaired) electrons. The zero-order valence-electron chi connectivity index (χ0n) is 11.5. The third-order valence-electron chi connectivity index (χ3n) is 2.99. The van der Waals surface area contributed by atoms with Crippen LogP contribution in [0, 0.1) is 5.92 Å². The lowest BCUT2D eigenvalue weighted by molar-refractivity contribution is 0.0927. The summed E-state index contributed by atoms with van der Waals surface area (Å²) < 4.78 is 16.4. The molecule has 20 heavy (non-hydrogen) atoms. The van der Waals surface area contributed by atoms with Crippen molar-refractivity contribution in [3.8, 4) is 11.5 Å². The lowest BCUT2D eigenvalue weighted by Crippen LogP contribution is -2.18. The molecule has 112 valence electrons. The topological polar surface area (TPSA) is 47.9 Å². The average Bonchev–Trinajstić information content (AvgIpc) is 3.30. The van der Waals surface area contributed by atoms with Gasteiger partial charge in [-0.1, -0.05) is 0 Å². The van der Waals surface area contributed by atoms with E-state index in [1.165, 1.54) is 12.8 Å². The van der Waals surface area contributed by atoms with Crippen molar-refractivity contribution < 1.29 is 19.3 Å². The Labute approximate surface area is 124 Å². The van der Waals surface area contributed by atoms with Gasteiger partial charge in [-0.3, -0.25) is 0 Å². The summed E-state index contributed by atoms with van der Waals surface area (Å²) in [6, 6.07) is 7.29. The number of ether oxygens (including phenoxy) is 3. The van der Waals surface area contributed by atoms with Crippen LogP contribution in [0.1, 0.15) is 12.8 Å². The van der Waals surface area contributed by atoms with Crippen LogP contribution in [0.2, 0.25) is 0 Å². The Balaban J connectivity index is 1.60. The average molecular weight is 301 g/mol. The molecule has 1 aliphatic carbocycles. The SMILES string of the molecule is O[C@@H](CCl)COc1ccc(OCCOCC2CC2)cc1. The zero-order valence-corrected chi connectivity index (χ0v) is 12.2. The van der Waals surface area contributed by atoms with Gasteiger partial charge in [0.25, 0.3) is 0 Å². The minimum atomic E-state index is -0.642. The van der Waals surface area contributed by atoms with E-state index in [0.29, 0.717) is 19.0 Å². The van der Waals surface area contributed by atoms with Crippen molar-refractivity contribution in [1.29, 1.82) is 0 Å². The third-order valence-corrected chi connectivity index (χ3v) is 3.35. The molecule has 2 rings (SSSR count). The normalized spacial score (nSPS) is 15.9. The van der Waals surface area contributed by atoms with E-state index < -0.39 is 6.10 Å². The number of hydrogen-bond donors (Lipinski definition) is 1. The highest BCUT2D eigenvalue weighted by Crippen LogP contribution is 2.28. The smallest absolute Gasteiger partial charge is 0.119 e. The summed E-state index contributed by atoms with van der Waals surface area (Å²) in [5.41, 5.74) is 0. The van der Waals surface area contributed by atoms with E-state index in [9.17, 15) is 5.11 Å². The summed E-state index contributed by atoms with van der Waals surface area (Å²) in [7, 11) is 0. The van der Waals surface area contributed by atoms with Crippen LogP contribution in [-0.4, -0.2) is 43.5 Å². The molecule has 1 saturated carbocycles. The van der Waals surface area contributed by atoms with Crippen LogP contribution in [-0.2, 0) is 4.74 Å². The molecule has 1 aromatic carbocycles. The predicted molar refractivity (Wildman–Crippen MR) is 77.7 cm³/mol. The van der Waals surface area contributed by atoms with E-state index in [4.69, 9.17) is 25.8 Å². The minimum absolute atomic E-state index is 0.169. The lowest BCUT2D eigenvalue weighted by Gasteiger charge is -2.11. The molecule has 1 aromatic rings. The number of aliphatic hydroxyl groups is 1. The van der Waals surface area contributed by atoms with Crippen LogP contribution in [0.15, 0.2) is 24.3 Å². The molecule has 1 fully saturated rings. The zero-order chi connectivity index (χ0) is 14.2. The second-order valence-electron chi connectivity index (χ2n) is 4.96. The van der Waals surface area contributed by atoms with Gasteiger partial charge in [-0.15, -0.1) is 11.6 Å². The van der Waals surface area contributed by atoms with Crippen molar-refractivity contribution in [2.45, 2.75) is 18.9 Å². The van der Waals surface area contributed by atoms with Gasteiger partial charge in [0.05, 0.1) is 12.5 Å². The molecule has 1 N–H and O–H groups in total. The van der Waals surface area contributed by atoms with Crippen LogP contribution in [0.25, 0.3) is 0 Å². The molecule has 0 aliphatic heterocycles. The summed E-state index contributed by atoms with van der Waals surface area (Å²) >= 11 is 5.49. The molecule has 1 atom stereocenters. The van der Waals surface area contributed by atoms with Crippen LogP contribution >= 0.6 is 11.6 Å². The number of benzene rings is 1. The van der Waals surface area contributed by atoms with Gasteiger partial charge in [0.1, 0.15) is 30.8 Å². The first-order chi connectivity index (χ1) is 9.78. The summed E-state index contributed by atoms with van der Waals surface area (Å²) in [5.74, 6) is 2.42. The van der Waals surface area contributed by atoms with Gasteiger partial charge >= 0.3 is 0 Å². The molecule has 0 unspecified atom stereocenters. The fourth-order valence-electron chi connectivity index (χ4n) is 1.62. The molecule has 1 aliphatic rings. The van der Waals surface area contributed by atoms with E-state index in [1.54, 1.807) is 12.1 Å². The van der Waals surface area contributed by atoms with Crippen LogP contribution < -0.4 is 9.47 Å². The fourth-order valence-corrected chi connectivity index (χ4v) is 1.71. The van der Waals surface area contributed by atoms with E-state index in [2.05, 4.69) is 0 Å². The van der Waals surface area contributed by atoms with E-state index in [1.807, 2.05) is 12.1 Å². The molecule has 0 heterocycles. The molecular formula is C15H21ClO4. The van der Waals surface area contributed by atoms with Crippen molar-refractivity contribution >= 4 is 11.6 Å². The number of halogens is 1. The first-order valence-corrected chi connectivity index (χ1v) is 7.49. The van der Waals surface area contributed by atoms with Gasteiger partial charge in [0, 0.05) is 6.61 Å². The van der Waals surface area contributed by atoms with E-state index in [-0.39, 0.29) is 12.5 Å². The van der Waals surface area contributed by atoms with Gasteiger partial charge in [-0.2, -0.15) is 0 Å². The lowest BCUT2D eigenvalue weighted by atomic mass is 10.3. The van der Waals surface area contributed by atoms with Crippen molar-refractivity contribution in [3.05, 3.63) is 24.3 Å². The predicted octanol–water partition coefficient (Wildman–Crippen LogP) is 2.47. The number of rotatable bonds is 10. The second-order valence-corrected chi connectivity index (χ2v) is 5.27. The van der Waals surface area contributed by atoms with Crippen LogP contribution in [0.3, 0.4) is 0 Å². The molecular weight excluding hydrogens is 280 g/mol. The Hall–Kier alpha value is -0.970. The van der Waals surface area contributed by atoms with Crippen LogP contribution in [0.5, 0.6) is 11.5 Å². The van der Waals surface area contributed by atoms with Gasteiger partial charge in [0.15, 0.2) is 0 Å². The van der Waals surface area contributed by atoms with Crippen molar-refractivity contribution in [1.82, 2.24) is 0 Å². The van der Waals surface area contributed by atoms with Gasteiger partial charge in [-0.25, -0.2) is 0 Å². The third kappa shape index (κ3) is 5.99. The van der Waals surface area contributed by atoms with Gasteiger partial charge in [-0.05, 0) is 43.0 Å².